The minimum Gasteiger partial charge on any atom is -0.477 e. The van der Waals surface area contributed by atoms with Crippen LogP contribution in [0.25, 0.3) is 0 Å². The third-order valence-electron chi connectivity index (χ3n) is 3.90. The Kier molecular flexibility index (Phi) is 5.19. The van der Waals surface area contributed by atoms with E-state index >= 15 is 0 Å². The molecule has 2 aliphatic heterocycles. The van der Waals surface area contributed by atoms with Gasteiger partial charge in [0.1, 0.15) is 29.9 Å². The molecule has 0 bridgehead atoms. The Balaban J connectivity index is 1.80. The standard InChI is InChI=1S/C15H15N5O5S2/c1-3-6-4-26-13-9(12(22)20(13)10(6)14(23)24)18-11(21)8(19-25-2)7-5-27-15(16)17-7/h3,5,9,13H,1,4H2,2H3,(H2,16,17)(H,18,21)(H,23,24)/b19-8-/t9?,13-/m1/s1. The van der Waals surface area contributed by atoms with E-state index in [9.17, 15) is 19.5 Å². The Labute approximate surface area is 161 Å². The van der Waals surface area contributed by atoms with Gasteiger partial charge in [-0.05, 0) is 5.57 Å². The fourth-order valence-electron chi connectivity index (χ4n) is 2.70. The van der Waals surface area contributed by atoms with Gasteiger partial charge < -0.3 is 21.0 Å². The zero-order chi connectivity index (χ0) is 19.7. The number of nitrogen functional groups attached to an aromatic ring is 1. The average Bonchev–Trinajstić information content (AvgIpc) is 3.08. The summed E-state index contributed by atoms with van der Waals surface area (Å²) in [6.45, 7) is 3.58. The molecule has 12 heteroatoms. The number of allylic oxidation sites excluding steroid dienone is 1. The molecule has 2 amide bonds. The number of oxime groups is 1. The summed E-state index contributed by atoms with van der Waals surface area (Å²) in [4.78, 5) is 46.4. The van der Waals surface area contributed by atoms with Gasteiger partial charge >= 0.3 is 5.97 Å². The van der Waals surface area contributed by atoms with Crippen LogP contribution in [0.2, 0.25) is 0 Å². The van der Waals surface area contributed by atoms with E-state index in [1.165, 1.54) is 24.9 Å². The lowest BCUT2D eigenvalue weighted by molar-refractivity contribution is -0.150. The number of rotatable bonds is 6. The molecule has 2 atom stereocenters. The van der Waals surface area contributed by atoms with Crippen LogP contribution in [-0.4, -0.2) is 62.8 Å². The van der Waals surface area contributed by atoms with Crippen LogP contribution < -0.4 is 11.1 Å². The number of fused-ring (bicyclic) bond motifs is 1. The molecule has 27 heavy (non-hydrogen) atoms. The molecule has 0 aliphatic carbocycles. The van der Waals surface area contributed by atoms with Crippen LogP contribution in [0.5, 0.6) is 0 Å². The second-order valence-electron chi connectivity index (χ2n) is 5.44. The van der Waals surface area contributed by atoms with Crippen LogP contribution in [0.3, 0.4) is 0 Å². The fraction of sp³-hybridized carbons (Fsp3) is 0.267. The van der Waals surface area contributed by atoms with Gasteiger partial charge in [-0.1, -0.05) is 17.8 Å². The summed E-state index contributed by atoms with van der Waals surface area (Å²) < 4.78 is 0. The largest absolute Gasteiger partial charge is 0.477 e. The van der Waals surface area contributed by atoms with Crippen LogP contribution in [0, 0.1) is 0 Å². The summed E-state index contributed by atoms with van der Waals surface area (Å²) >= 11 is 2.47. The smallest absolute Gasteiger partial charge is 0.352 e. The van der Waals surface area contributed by atoms with E-state index in [2.05, 4.69) is 26.9 Å². The molecule has 3 heterocycles. The minimum atomic E-state index is -1.21. The van der Waals surface area contributed by atoms with Crippen molar-refractivity contribution in [3.63, 3.8) is 0 Å². The lowest BCUT2D eigenvalue weighted by atomic mass is 10.0. The van der Waals surface area contributed by atoms with Crippen molar-refractivity contribution in [2.45, 2.75) is 11.4 Å². The topological polar surface area (TPSA) is 147 Å². The minimum absolute atomic E-state index is 0.109. The average molecular weight is 409 g/mol. The highest BCUT2D eigenvalue weighted by molar-refractivity contribution is 8.00. The van der Waals surface area contributed by atoms with Gasteiger partial charge in [-0.3, -0.25) is 14.5 Å². The van der Waals surface area contributed by atoms with Gasteiger partial charge in [-0.15, -0.1) is 23.1 Å². The maximum Gasteiger partial charge on any atom is 0.352 e. The van der Waals surface area contributed by atoms with E-state index in [1.807, 2.05) is 0 Å². The van der Waals surface area contributed by atoms with Gasteiger partial charge in [0, 0.05) is 11.1 Å². The first-order valence-corrected chi connectivity index (χ1v) is 9.48. The van der Waals surface area contributed by atoms with Gasteiger partial charge in [0.25, 0.3) is 11.8 Å². The van der Waals surface area contributed by atoms with Gasteiger partial charge in [0.15, 0.2) is 10.8 Å². The highest BCUT2D eigenvalue weighted by Gasteiger charge is 2.54. The number of anilines is 1. The van der Waals surface area contributed by atoms with E-state index in [0.29, 0.717) is 11.3 Å². The van der Waals surface area contributed by atoms with Crippen molar-refractivity contribution in [3.05, 3.63) is 35.0 Å². The zero-order valence-electron chi connectivity index (χ0n) is 14.0. The van der Waals surface area contributed by atoms with Crippen LogP contribution in [0.1, 0.15) is 5.69 Å². The van der Waals surface area contributed by atoms with Crippen LogP contribution in [0.15, 0.2) is 34.5 Å². The van der Waals surface area contributed by atoms with Gasteiger partial charge in [-0.25, -0.2) is 9.78 Å². The van der Waals surface area contributed by atoms with E-state index in [0.717, 1.165) is 16.2 Å². The number of amides is 2. The normalized spacial score (nSPS) is 22.0. The highest BCUT2D eigenvalue weighted by atomic mass is 32.2. The number of β-lactam (4-membered cyclic amide) rings is 1. The quantitative estimate of drug-likeness (QED) is 0.338. The molecule has 1 saturated heterocycles. The van der Waals surface area contributed by atoms with Gasteiger partial charge in [0.05, 0.1) is 0 Å². The maximum absolute atomic E-state index is 12.6. The molecule has 10 nitrogen and oxygen atoms in total. The summed E-state index contributed by atoms with van der Waals surface area (Å²) in [5.74, 6) is -2.04. The number of carbonyl (C=O) groups excluding carboxylic acids is 2. The van der Waals surface area contributed by atoms with Crippen molar-refractivity contribution in [2.75, 3.05) is 18.6 Å². The number of carbonyl (C=O) groups is 3. The Morgan fingerprint density at radius 1 is 1.59 bits per heavy atom. The molecule has 0 radical (unpaired) electrons. The number of carboxylic acid groups (broad SMARTS) is 1. The molecule has 1 aromatic rings. The monoisotopic (exact) mass is 409 g/mol. The van der Waals surface area contributed by atoms with Gasteiger partial charge in [-0.2, -0.15) is 0 Å². The predicted molar refractivity (Wildman–Crippen MR) is 100.0 cm³/mol. The number of aromatic nitrogens is 1. The van der Waals surface area contributed by atoms with Crippen molar-refractivity contribution >= 4 is 51.7 Å². The Hall–Kier alpha value is -2.86. The third kappa shape index (κ3) is 3.28. The van der Waals surface area contributed by atoms with Crippen LogP contribution >= 0.6 is 23.1 Å². The van der Waals surface area contributed by atoms with Crippen LogP contribution in [0.4, 0.5) is 5.13 Å². The summed E-state index contributed by atoms with van der Waals surface area (Å²) in [5, 5.41) is 16.9. The highest BCUT2D eigenvalue weighted by Crippen LogP contribution is 2.40. The molecule has 1 fully saturated rings. The lowest BCUT2D eigenvalue weighted by Gasteiger charge is -2.49. The van der Waals surface area contributed by atoms with E-state index in [1.54, 1.807) is 5.38 Å². The number of nitrogens with zero attached hydrogens (tertiary/aromatic N) is 3. The molecular formula is C15H15N5O5S2. The molecule has 4 N–H and O–H groups in total. The third-order valence-corrected chi connectivity index (χ3v) is 5.87. The molecule has 1 aromatic heterocycles. The molecule has 3 rings (SSSR count). The number of thioether (sulfide) groups is 1. The summed E-state index contributed by atoms with van der Waals surface area (Å²) in [6.07, 6.45) is 1.42. The number of hydrogen-bond acceptors (Lipinski definition) is 9. The fourth-order valence-corrected chi connectivity index (χ4v) is 4.59. The Bertz CT molecular complexity index is 893. The van der Waals surface area contributed by atoms with E-state index < -0.39 is 29.2 Å². The first kappa shape index (κ1) is 18.9. The van der Waals surface area contributed by atoms with Crippen molar-refractivity contribution < 1.29 is 24.3 Å². The molecule has 0 spiro atoms. The molecule has 2 aliphatic rings. The Morgan fingerprint density at radius 2 is 2.33 bits per heavy atom. The number of carboxylic acids is 1. The maximum atomic E-state index is 12.6. The summed E-state index contributed by atoms with van der Waals surface area (Å²) in [7, 11) is 1.27. The van der Waals surface area contributed by atoms with Crippen molar-refractivity contribution in [3.8, 4) is 0 Å². The van der Waals surface area contributed by atoms with E-state index in [4.69, 9.17) is 5.73 Å². The predicted octanol–water partition coefficient (Wildman–Crippen LogP) is 0.000400. The number of thiazole rings is 1. The lowest BCUT2D eigenvalue weighted by Crippen LogP contribution is -2.71. The second-order valence-corrected chi connectivity index (χ2v) is 7.43. The molecule has 0 aromatic carbocycles. The number of aliphatic carboxylic acids is 1. The SMILES string of the molecule is C=CC1=C(C(=O)O)N2C(=O)C(NC(=O)/C(=N\OC)c3csc(N)n3)[C@H]2SC1. The van der Waals surface area contributed by atoms with Crippen LogP contribution in [-0.2, 0) is 19.2 Å². The molecule has 142 valence electrons. The first-order valence-electron chi connectivity index (χ1n) is 7.56. The number of nitrogens with one attached hydrogen (secondary N) is 1. The molecular weight excluding hydrogens is 394 g/mol. The zero-order valence-corrected chi connectivity index (χ0v) is 15.7. The number of hydrogen-bond donors (Lipinski definition) is 3. The first-order chi connectivity index (χ1) is 12.9. The Morgan fingerprint density at radius 3 is 2.89 bits per heavy atom. The number of nitrogens with two attached hydrogens (primary N) is 1. The molecule has 1 unspecified atom stereocenters. The van der Waals surface area contributed by atoms with Crippen molar-refractivity contribution in [1.82, 2.24) is 15.2 Å². The second kappa shape index (κ2) is 7.40. The summed E-state index contributed by atoms with van der Waals surface area (Å²) in [5.41, 5.74) is 6.02. The van der Waals surface area contributed by atoms with Crippen molar-refractivity contribution in [1.29, 1.82) is 0 Å². The van der Waals surface area contributed by atoms with Gasteiger partial charge in [0.2, 0.25) is 0 Å². The van der Waals surface area contributed by atoms with E-state index in [-0.39, 0.29) is 22.2 Å². The van der Waals surface area contributed by atoms with Crippen molar-refractivity contribution in [2.24, 2.45) is 5.16 Å². The molecule has 0 saturated carbocycles. The summed E-state index contributed by atoms with van der Waals surface area (Å²) in [6, 6.07) is -0.888.